The van der Waals surface area contributed by atoms with Crippen molar-refractivity contribution >= 4 is 22.4 Å². The number of aliphatic hydroxyl groups is 1. The lowest BCUT2D eigenvalue weighted by molar-refractivity contribution is 0.222. The zero-order valence-corrected chi connectivity index (χ0v) is 11.9. The summed E-state index contributed by atoms with van der Waals surface area (Å²) in [5.74, 6) is 0. The van der Waals surface area contributed by atoms with Crippen LogP contribution in [0.3, 0.4) is 0 Å². The minimum atomic E-state index is -0.668. The number of aliphatic hydroxyl groups excluding tert-OH is 1. The minimum Gasteiger partial charge on any atom is -0.384 e. The van der Waals surface area contributed by atoms with Crippen molar-refractivity contribution in [2.24, 2.45) is 0 Å². The van der Waals surface area contributed by atoms with Crippen molar-refractivity contribution in [1.29, 1.82) is 0 Å². The Hall–Kier alpha value is -1.83. The molecule has 0 amide bonds. The highest BCUT2D eigenvalue weighted by Crippen LogP contribution is 2.30. The minimum absolute atomic E-state index is 0.652. The van der Waals surface area contributed by atoms with Crippen LogP contribution in [0.25, 0.3) is 10.8 Å². The second kappa shape index (κ2) is 5.28. The predicted molar refractivity (Wildman–Crippen MR) is 84.2 cm³/mol. The van der Waals surface area contributed by atoms with Crippen molar-refractivity contribution < 1.29 is 5.11 Å². The van der Waals surface area contributed by atoms with Crippen molar-refractivity contribution in [2.45, 2.75) is 13.0 Å². The lowest BCUT2D eigenvalue weighted by atomic mass is 9.95. The summed E-state index contributed by atoms with van der Waals surface area (Å²) in [7, 11) is 0. The van der Waals surface area contributed by atoms with E-state index in [0.717, 1.165) is 27.5 Å². The third kappa shape index (κ3) is 2.43. The summed E-state index contributed by atoms with van der Waals surface area (Å²) in [6.07, 6.45) is -0.668. The highest BCUT2D eigenvalue weighted by atomic mass is 35.5. The van der Waals surface area contributed by atoms with Crippen LogP contribution in [0, 0.1) is 6.92 Å². The van der Waals surface area contributed by atoms with Gasteiger partial charge in [0.15, 0.2) is 0 Å². The fourth-order valence-corrected chi connectivity index (χ4v) is 2.89. The molecule has 0 spiro atoms. The first kappa shape index (κ1) is 13.2. The lowest BCUT2D eigenvalue weighted by Gasteiger charge is -2.15. The smallest absolute Gasteiger partial charge is 0.105 e. The van der Waals surface area contributed by atoms with Crippen LogP contribution < -0.4 is 0 Å². The van der Waals surface area contributed by atoms with Gasteiger partial charge in [0.05, 0.1) is 0 Å². The van der Waals surface area contributed by atoms with E-state index in [1.54, 1.807) is 0 Å². The van der Waals surface area contributed by atoms with E-state index in [-0.39, 0.29) is 0 Å². The Morgan fingerprint density at radius 2 is 1.70 bits per heavy atom. The molecule has 1 atom stereocenters. The van der Waals surface area contributed by atoms with Crippen LogP contribution >= 0.6 is 11.6 Å². The number of rotatable bonds is 2. The third-order valence-electron chi connectivity index (χ3n) is 3.50. The van der Waals surface area contributed by atoms with Gasteiger partial charge in [-0.25, -0.2) is 0 Å². The summed E-state index contributed by atoms with van der Waals surface area (Å²) in [4.78, 5) is 0. The molecule has 100 valence electrons. The van der Waals surface area contributed by atoms with Gasteiger partial charge in [0.1, 0.15) is 6.10 Å². The summed E-state index contributed by atoms with van der Waals surface area (Å²) in [5.41, 5.74) is 2.78. The van der Waals surface area contributed by atoms with Gasteiger partial charge in [-0.2, -0.15) is 0 Å². The van der Waals surface area contributed by atoms with E-state index >= 15 is 0 Å². The molecule has 0 fully saturated rings. The van der Waals surface area contributed by atoms with E-state index in [1.165, 1.54) is 0 Å². The number of hydrogen-bond acceptors (Lipinski definition) is 1. The molecule has 20 heavy (non-hydrogen) atoms. The van der Waals surface area contributed by atoms with Crippen LogP contribution in [0.1, 0.15) is 22.8 Å². The number of hydrogen-bond donors (Lipinski definition) is 1. The Labute approximate surface area is 123 Å². The van der Waals surface area contributed by atoms with Gasteiger partial charge in [-0.3, -0.25) is 0 Å². The molecule has 0 heterocycles. The molecule has 1 nitrogen and oxygen atoms in total. The van der Waals surface area contributed by atoms with E-state index in [2.05, 4.69) is 12.1 Å². The van der Waals surface area contributed by atoms with Crippen molar-refractivity contribution in [2.75, 3.05) is 0 Å². The second-order valence-corrected chi connectivity index (χ2v) is 5.47. The quantitative estimate of drug-likeness (QED) is 0.710. The fraction of sp³-hybridized carbons (Fsp3) is 0.111. The maximum atomic E-state index is 10.7. The van der Waals surface area contributed by atoms with Crippen molar-refractivity contribution in [1.82, 2.24) is 0 Å². The van der Waals surface area contributed by atoms with Crippen LogP contribution in [0.4, 0.5) is 0 Å². The average Bonchev–Trinajstić information content (AvgIpc) is 2.45. The monoisotopic (exact) mass is 282 g/mol. The maximum absolute atomic E-state index is 10.7. The SMILES string of the molecule is Cc1cc(Cl)cc(C(O)c2cccc3ccccc23)c1. The first-order valence-electron chi connectivity index (χ1n) is 6.58. The van der Waals surface area contributed by atoms with Gasteiger partial charge in [-0.1, -0.05) is 60.1 Å². The first-order valence-corrected chi connectivity index (χ1v) is 6.96. The summed E-state index contributed by atoms with van der Waals surface area (Å²) in [6.45, 7) is 1.98. The van der Waals surface area contributed by atoms with Gasteiger partial charge in [-0.05, 0) is 46.5 Å². The topological polar surface area (TPSA) is 20.2 Å². The van der Waals surface area contributed by atoms with Crippen LogP contribution in [-0.2, 0) is 0 Å². The van der Waals surface area contributed by atoms with Crippen LogP contribution in [0.2, 0.25) is 5.02 Å². The molecule has 0 saturated heterocycles. The molecule has 0 aromatic heterocycles. The zero-order valence-electron chi connectivity index (χ0n) is 11.2. The van der Waals surface area contributed by atoms with E-state index in [4.69, 9.17) is 11.6 Å². The number of benzene rings is 3. The lowest BCUT2D eigenvalue weighted by Crippen LogP contribution is -2.01. The highest BCUT2D eigenvalue weighted by molar-refractivity contribution is 6.30. The Morgan fingerprint density at radius 1 is 0.950 bits per heavy atom. The number of aryl methyl sites for hydroxylation is 1. The summed E-state index contributed by atoms with van der Waals surface area (Å²) < 4.78 is 0. The molecule has 0 aliphatic rings. The molecular weight excluding hydrogens is 268 g/mol. The Bertz CT molecular complexity index is 739. The molecule has 3 aromatic rings. The van der Waals surface area contributed by atoms with Crippen LogP contribution in [0.5, 0.6) is 0 Å². The predicted octanol–water partition coefficient (Wildman–Crippen LogP) is 4.88. The molecule has 0 aliphatic heterocycles. The molecule has 0 aliphatic carbocycles. The van der Waals surface area contributed by atoms with E-state index in [1.807, 2.05) is 55.5 Å². The van der Waals surface area contributed by atoms with Gasteiger partial charge in [0.25, 0.3) is 0 Å². The van der Waals surface area contributed by atoms with E-state index in [9.17, 15) is 5.11 Å². The summed E-state index contributed by atoms with van der Waals surface area (Å²) in [6, 6.07) is 19.7. The standard InChI is InChI=1S/C18H15ClO/c1-12-9-14(11-15(19)10-12)18(20)17-8-4-6-13-5-2-3-7-16(13)17/h2-11,18,20H,1H3. The van der Waals surface area contributed by atoms with Gasteiger partial charge < -0.3 is 5.11 Å². The fourth-order valence-electron chi connectivity index (χ4n) is 2.59. The van der Waals surface area contributed by atoms with Crippen molar-refractivity contribution in [3.8, 4) is 0 Å². The van der Waals surface area contributed by atoms with Gasteiger partial charge in [0.2, 0.25) is 0 Å². The molecule has 3 aromatic carbocycles. The molecule has 3 rings (SSSR count). The molecule has 0 radical (unpaired) electrons. The van der Waals surface area contributed by atoms with Crippen LogP contribution in [0.15, 0.2) is 60.7 Å². The average molecular weight is 283 g/mol. The summed E-state index contributed by atoms with van der Waals surface area (Å²) >= 11 is 6.09. The third-order valence-corrected chi connectivity index (χ3v) is 3.72. The van der Waals surface area contributed by atoms with Gasteiger partial charge in [0, 0.05) is 5.02 Å². The van der Waals surface area contributed by atoms with Crippen LogP contribution in [-0.4, -0.2) is 5.11 Å². The van der Waals surface area contributed by atoms with Crippen molar-refractivity contribution in [3.05, 3.63) is 82.4 Å². The molecule has 2 heteroatoms. The summed E-state index contributed by atoms with van der Waals surface area (Å²) in [5, 5.41) is 13.5. The van der Waals surface area contributed by atoms with Gasteiger partial charge >= 0.3 is 0 Å². The molecule has 1 unspecified atom stereocenters. The molecular formula is C18H15ClO. The van der Waals surface area contributed by atoms with E-state index < -0.39 is 6.10 Å². The largest absolute Gasteiger partial charge is 0.384 e. The number of halogens is 1. The zero-order chi connectivity index (χ0) is 14.1. The van der Waals surface area contributed by atoms with Crippen molar-refractivity contribution in [3.63, 3.8) is 0 Å². The normalized spacial score (nSPS) is 12.6. The molecule has 0 saturated carbocycles. The Balaban J connectivity index is 2.15. The highest BCUT2D eigenvalue weighted by Gasteiger charge is 2.14. The molecule has 0 bridgehead atoms. The van der Waals surface area contributed by atoms with E-state index in [0.29, 0.717) is 5.02 Å². The first-order chi connectivity index (χ1) is 9.65. The molecule has 1 N–H and O–H groups in total. The maximum Gasteiger partial charge on any atom is 0.105 e. The Kier molecular flexibility index (Phi) is 3.47. The van der Waals surface area contributed by atoms with Gasteiger partial charge in [-0.15, -0.1) is 0 Å². The number of fused-ring (bicyclic) bond motifs is 1. The Morgan fingerprint density at radius 3 is 2.50 bits per heavy atom. The second-order valence-electron chi connectivity index (χ2n) is 5.03.